The summed E-state index contributed by atoms with van der Waals surface area (Å²) < 4.78 is 52.3. The van der Waals surface area contributed by atoms with Crippen LogP contribution in [0, 0.1) is 18.6 Å². The number of hydrogen-bond acceptors (Lipinski definition) is 3. The molecule has 2 rings (SSSR count). The van der Waals surface area contributed by atoms with E-state index in [2.05, 4.69) is 5.32 Å². The summed E-state index contributed by atoms with van der Waals surface area (Å²) in [6, 6.07) is 6.52. The summed E-state index contributed by atoms with van der Waals surface area (Å²) in [4.78, 5) is 12.7. The molecule has 0 saturated heterocycles. The van der Waals surface area contributed by atoms with Crippen LogP contribution in [-0.2, 0) is 14.8 Å². The van der Waals surface area contributed by atoms with E-state index in [-0.39, 0.29) is 17.8 Å². The summed E-state index contributed by atoms with van der Waals surface area (Å²) in [5.41, 5.74) is 0.912. The Morgan fingerprint density at radius 3 is 2.41 bits per heavy atom. The van der Waals surface area contributed by atoms with Gasteiger partial charge in [0.2, 0.25) is 15.9 Å². The molecule has 27 heavy (non-hydrogen) atoms. The van der Waals surface area contributed by atoms with Crippen LogP contribution < -0.4 is 9.62 Å². The van der Waals surface area contributed by atoms with Crippen LogP contribution >= 0.6 is 11.6 Å². The van der Waals surface area contributed by atoms with Gasteiger partial charge < -0.3 is 5.32 Å². The van der Waals surface area contributed by atoms with Gasteiger partial charge in [-0.05, 0) is 43.2 Å². The lowest BCUT2D eigenvalue weighted by molar-refractivity contribution is -0.117. The van der Waals surface area contributed by atoms with Crippen LogP contribution in [-0.4, -0.2) is 26.6 Å². The van der Waals surface area contributed by atoms with E-state index in [9.17, 15) is 22.0 Å². The monoisotopic (exact) mass is 416 g/mol. The molecule has 0 aliphatic rings. The number of nitrogens with one attached hydrogen (secondary N) is 1. The van der Waals surface area contributed by atoms with Crippen LogP contribution in [0.3, 0.4) is 0 Å². The smallest absolute Gasteiger partial charge is 0.248 e. The second kappa shape index (κ2) is 8.22. The van der Waals surface area contributed by atoms with Crippen LogP contribution in [0.1, 0.15) is 18.9 Å². The minimum absolute atomic E-state index is 0.0219. The third kappa shape index (κ3) is 4.95. The molecule has 0 bridgehead atoms. The fraction of sp³-hybridized carbons (Fsp3) is 0.278. The highest BCUT2D eigenvalue weighted by Gasteiger charge is 2.32. The Balaban J connectivity index is 2.44. The third-order valence-electron chi connectivity index (χ3n) is 3.93. The molecule has 1 atom stereocenters. The van der Waals surface area contributed by atoms with E-state index in [1.807, 2.05) is 0 Å². The van der Waals surface area contributed by atoms with E-state index in [0.717, 1.165) is 22.7 Å². The second-order valence-corrected chi connectivity index (χ2v) is 8.33. The predicted octanol–water partition coefficient (Wildman–Crippen LogP) is 4.11. The standard InChI is InChI=1S/C18H19ClF2N2O3S/c1-4-16(18(24)22-13-7-8-14(20)15(21)10-13)23(27(3,25)26)17-9-12(19)6-5-11(17)2/h5-10,16H,4H2,1-3H3,(H,22,24). The van der Waals surface area contributed by atoms with Crippen molar-refractivity contribution in [2.24, 2.45) is 0 Å². The Morgan fingerprint density at radius 2 is 1.85 bits per heavy atom. The largest absolute Gasteiger partial charge is 0.324 e. The molecule has 5 nitrogen and oxygen atoms in total. The third-order valence-corrected chi connectivity index (χ3v) is 5.33. The first-order valence-corrected chi connectivity index (χ1v) is 10.3. The Bertz CT molecular complexity index is 967. The predicted molar refractivity (Wildman–Crippen MR) is 103 cm³/mol. The Labute approximate surface area is 162 Å². The number of sulfonamides is 1. The van der Waals surface area contributed by atoms with Crippen molar-refractivity contribution in [1.29, 1.82) is 0 Å². The first-order valence-electron chi connectivity index (χ1n) is 8.06. The van der Waals surface area contributed by atoms with Gasteiger partial charge in [0.15, 0.2) is 11.6 Å². The SMILES string of the molecule is CCC(C(=O)Nc1ccc(F)c(F)c1)N(c1cc(Cl)ccc1C)S(C)(=O)=O. The van der Waals surface area contributed by atoms with Gasteiger partial charge in [-0.2, -0.15) is 0 Å². The normalized spacial score (nSPS) is 12.5. The van der Waals surface area contributed by atoms with Crippen molar-refractivity contribution in [2.75, 3.05) is 15.9 Å². The van der Waals surface area contributed by atoms with Crippen LogP contribution in [0.25, 0.3) is 0 Å². The van der Waals surface area contributed by atoms with Gasteiger partial charge in [0, 0.05) is 16.8 Å². The number of benzene rings is 2. The summed E-state index contributed by atoms with van der Waals surface area (Å²) in [6.45, 7) is 3.34. The zero-order chi connectivity index (χ0) is 20.4. The van der Waals surface area contributed by atoms with Gasteiger partial charge in [0.1, 0.15) is 6.04 Å². The molecule has 0 radical (unpaired) electrons. The highest BCUT2D eigenvalue weighted by molar-refractivity contribution is 7.92. The molecule has 2 aromatic carbocycles. The van der Waals surface area contributed by atoms with E-state index >= 15 is 0 Å². The molecular formula is C18H19ClF2N2O3S. The van der Waals surface area contributed by atoms with Crippen molar-refractivity contribution >= 4 is 38.9 Å². The Hall–Kier alpha value is -2.19. The van der Waals surface area contributed by atoms with Crippen molar-refractivity contribution in [1.82, 2.24) is 0 Å². The Kier molecular flexibility index (Phi) is 6.43. The second-order valence-electron chi connectivity index (χ2n) is 6.03. The van der Waals surface area contributed by atoms with Crippen molar-refractivity contribution in [3.8, 4) is 0 Å². The molecule has 1 unspecified atom stereocenters. The first-order chi connectivity index (χ1) is 12.5. The van der Waals surface area contributed by atoms with Gasteiger partial charge in [-0.3, -0.25) is 9.10 Å². The van der Waals surface area contributed by atoms with Gasteiger partial charge in [-0.15, -0.1) is 0 Å². The van der Waals surface area contributed by atoms with Crippen molar-refractivity contribution < 1.29 is 22.0 Å². The van der Waals surface area contributed by atoms with Crippen LogP contribution in [0.15, 0.2) is 36.4 Å². The van der Waals surface area contributed by atoms with E-state index in [1.54, 1.807) is 26.0 Å². The zero-order valence-electron chi connectivity index (χ0n) is 15.0. The number of aryl methyl sites for hydroxylation is 1. The lowest BCUT2D eigenvalue weighted by atomic mass is 10.1. The fourth-order valence-corrected chi connectivity index (χ4v) is 4.08. The summed E-state index contributed by atoms with van der Waals surface area (Å²) in [5.74, 6) is -2.84. The van der Waals surface area contributed by atoms with Crippen LogP contribution in [0.4, 0.5) is 20.2 Å². The number of amides is 1. The number of rotatable bonds is 6. The lowest BCUT2D eigenvalue weighted by Gasteiger charge is -2.31. The number of carbonyl (C=O) groups is 1. The molecular weight excluding hydrogens is 398 g/mol. The van der Waals surface area contributed by atoms with Gasteiger partial charge in [-0.25, -0.2) is 17.2 Å². The highest BCUT2D eigenvalue weighted by Crippen LogP contribution is 2.29. The van der Waals surface area contributed by atoms with Gasteiger partial charge in [-0.1, -0.05) is 24.6 Å². The van der Waals surface area contributed by atoms with Gasteiger partial charge in [0.25, 0.3) is 0 Å². The molecule has 0 saturated carbocycles. The summed E-state index contributed by atoms with van der Waals surface area (Å²) >= 11 is 6.00. The van der Waals surface area contributed by atoms with Crippen LogP contribution in [0.5, 0.6) is 0 Å². The minimum atomic E-state index is -3.84. The summed E-state index contributed by atoms with van der Waals surface area (Å²) in [7, 11) is -3.84. The van der Waals surface area contributed by atoms with Crippen molar-refractivity contribution in [3.63, 3.8) is 0 Å². The molecule has 2 aromatic rings. The molecule has 0 fully saturated rings. The van der Waals surface area contributed by atoms with Crippen LogP contribution in [0.2, 0.25) is 5.02 Å². The topological polar surface area (TPSA) is 66.5 Å². The molecule has 0 aliphatic heterocycles. The van der Waals surface area contributed by atoms with E-state index in [1.165, 1.54) is 12.1 Å². The summed E-state index contributed by atoms with van der Waals surface area (Å²) in [5, 5.41) is 2.75. The number of carbonyl (C=O) groups excluding carboxylic acids is 1. The average Bonchev–Trinajstić information content (AvgIpc) is 2.57. The molecule has 1 amide bonds. The van der Waals surface area contributed by atoms with Crippen molar-refractivity contribution in [2.45, 2.75) is 26.3 Å². The zero-order valence-corrected chi connectivity index (χ0v) is 16.5. The molecule has 1 N–H and O–H groups in total. The lowest BCUT2D eigenvalue weighted by Crippen LogP contribution is -2.47. The maximum absolute atomic E-state index is 13.4. The maximum Gasteiger partial charge on any atom is 0.248 e. The number of anilines is 2. The number of hydrogen-bond donors (Lipinski definition) is 1. The number of nitrogens with zero attached hydrogens (tertiary/aromatic N) is 1. The van der Waals surface area contributed by atoms with E-state index in [4.69, 9.17) is 11.6 Å². The highest BCUT2D eigenvalue weighted by atomic mass is 35.5. The number of halogens is 3. The van der Waals surface area contributed by atoms with Gasteiger partial charge >= 0.3 is 0 Å². The van der Waals surface area contributed by atoms with E-state index < -0.39 is 33.6 Å². The maximum atomic E-state index is 13.4. The fourth-order valence-electron chi connectivity index (χ4n) is 2.65. The molecule has 146 valence electrons. The average molecular weight is 417 g/mol. The van der Waals surface area contributed by atoms with Gasteiger partial charge in [0.05, 0.1) is 11.9 Å². The molecule has 0 heterocycles. The van der Waals surface area contributed by atoms with E-state index in [0.29, 0.717) is 10.6 Å². The minimum Gasteiger partial charge on any atom is -0.324 e. The quantitative estimate of drug-likeness (QED) is 0.770. The Morgan fingerprint density at radius 1 is 1.19 bits per heavy atom. The molecule has 0 aromatic heterocycles. The van der Waals surface area contributed by atoms with Crippen molar-refractivity contribution in [3.05, 3.63) is 58.6 Å². The molecule has 0 spiro atoms. The molecule has 9 heteroatoms. The molecule has 0 aliphatic carbocycles. The summed E-state index contributed by atoms with van der Waals surface area (Å²) in [6.07, 6.45) is 1.13. The first kappa shape index (κ1) is 21.1.